The molecule has 0 aromatic carbocycles. The first-order chi connectivity index (χ1) is 7.43. The molecule has 16 heavy (non-hydrogen) atoms. The quantitative estimate of drug-likeness (QED) is 0.716. The summed E-state index contributed by atoms with van der Waals surface area (Å²) in [4.78, 5) is 23.0. The second-order valence-electron chi connectivity index (χ2n) is 3.94. The van der Waals surface area contributed by atoms with Crippen LogP contribution >= 0.6 is 0 Å². The van der Waals surface area contributed by atoms with Gasteiger partial charge in [-0.2, -0.15) is 0 Å². The van der Waals surface area contributed by atoms with E-state index in [1.807, 2.05) is 6.92 Å². The second kappa shape index (κ2) is 4.94. The highest BCUT2D eigenvalue weighted by atomic mass is 16.2. The molecule has 0 saturated heterocycles. The molecule has 1 aromatic heterocycles. The number of hydrogen-bond donors (Lipinski definition) is 1. The van der Waals surface area contributed by atoms with E-state index in [1.54, 1.807) is 7.05 Å². The first-order valence-corrected chi connectivity index (χ1v) is 5.04. The van der Waals surface area contributed by atoms with Gasteiger partial charge in [0.05, 0.1) is 0 Å². The van der Waals surface area contributed by atoms with Crippen molar-refractivity contribution in [2.75, 3.05) is 6.54 Å². The normalized spacial score (nSPS) is 10.4. The van der Waals surface area contributed by atoms with Gasteiger partial charge in [-0.05, 0) is 6.92 Å². The molecule has 0 unspecified atom stereocenters. The molecule has 0 radical (unpaired) electrons. The molecular weight excluding hydrogens is 206 g/mol. The minimum Gasteiger partial charge on any atom is -0.307 e. The van der Waals surface area contributed by atoms with Crippen molar-refractivity contribution < 1.29 is 0 Å². The summed E-state index contributed by atoms with van der Waals surface area (Å²) in [6.07, 6.45) is 0. The van der Waals surface area contributed by atoms with E-state index in [2.05, 4.69) is 11.9 Å². The largest absolute Gasteiger partial charge is 0.330 e. The van der Waals surface area contributed by atoms with Crippen LogP contribution in [-0.2, 0) is 20.6 Å². The lowest BCUT2D eigenvalue weighted by atomic mass is 10.3. The van der Waals surface area contributed by atoms with E-state index >= 15 is 0 Å². The molecule has 1 rings (SSSR count). The van der Waals surface area contributed by atoms with Crippen LogP contribution in [0.3, 0.4) is 0 Å². The Kier molecular flexibility index (Phi) is 3.84. The van der Waals surface area contributed by atoms with Crippen molar-refractivity contribution in [3.63, 3.8) is 0 Å². The Morgan fingerprint density at radius 3 is 2.56 bits per heavy atom. The summed E-state index contributed by atoms with van der Waals surface area (Å²) >= 11 is 0. The fourth-order valence-corrected chi connectivity index (χ4v) is 1.35. The van der Waals surface area contributed by atoms with Crippen molar-refractivity contribution in [3.8, 4) is 0 Å². The molecule has 5 heteroatoms. The van der Waals surface area contributed by atoms with Gasteiger partial charge in [-0.3, -0.25) is 13.9 Å². The van der Waals surface area contributed by atoms with Crippen LogP contribution in [0.1, 0.15) is 12.6 Å². The van der Waals surface area contributed by atoms with Crippen LogP contribution in [0.4, 0.5) is 0 Å². The van der Waals surface area contributed by atoms with E-state index in [9.17, 15) is 9.59 Å². The van der Waals surface area contributed by atoms with Crippen LogP contribution in [-0.4, -0.2) is 15.7 Å². The third kappa shape index (κ3) is 2.70. The number of nitrogens with one attached hydrogen (secondary N) is 1. The summed E-state index contributed by atoms with van der Waals surface area (Å²) in [7, 11) is 3.12. The lowest BCUT2D eigenvalue weighted by Crippen LogP contribution is -2.39. The summed E-state index contributed by atoms with van der Waals surface area (Å²) in [5, 5.41) is 3.11. The molecule has 0 atom stereocenters. The van der Waals surface area contributed by atoms with Crippen molar-refractivity contribution in [1.82, 2.24) is 14.5 Å². The third-order valence-electron chi connectivity index (χ3n) is 2.36. The van der Waals surface area contributed by atoms with E-state index in [0.717, 1.165) is 10.1 Å². The molecule has 0 amide bonds. The van der Waals surface area contributed by atoms with Gasteiger partial charge >= 0.3 is 5.69 Å². The van der Waals surface area contributed by atoms with Crippen LogP contribution in [0.2, 0.25) is 0 Å². The van der Waals surface area contributed by atoms with Crippen molar-refractivity contribution in [1.29, 1.82) is 0 Å². The summed E-state index contributed by atoms with van der Waals surface area (Å²) < 4.78 is 2.55. The Labute approximate surface area is 94.0 Å². The summed E-state index contributed by atoms with van der Waals surface area (Å²) in [5.41, 5.74) is 1.10. The van der Waals surface area contributed by atoms with Crippen LogP contribution < -0.4 is 16.6 Å². The maximum absolute atomic E-state index is 11.6. The van der Waals surface area contributed by atoms with Gasteiger partial charge in [-0.15, -0.1) is 0 Å². The van der Waals surface area contributed by atoms with E-state index in [4.69, 9.17) is 0 Å². The summed E-state index contributed by atoms with van der Waals surface area (Å²) in [6.45, 7) is 6.82. The Balaban J connectivity index is 2.94. The van der Waals surface area contributed by atoms with Gasteiger partial charge in [0.15, 0.2) is 0 Å². The number of aromatic nitrogens is 2. The highest BCUT2D eigenvalue weighted by molar-refractivity contribution is 5.02. The first-order valence-electron chi connectivity index (χ1n) is 5.04. The molecule has 0 bridgehead atoms. The Hall–Kier alpha value is -1.62. The van der Waals surface area contributed by atoms with Crippen molar-refractivity contribution >= 4 is 0 Å². The van der Waals surface area contributed by atoms with Gasteiger partial charge in [0.25, 0.3) is 5.56 Å². The molecule has 0 aliphatic carbocycles. The zero-order valence-corrected chi connectivity index (χ0v) is 9.91. The SMILES string of the molecule is C=C(C)CNCc1cc(=O)n(C)c(=O)n1C. The predicted octanol–water partition coefficient (Wildman–Crippen LogP) is -0.250. The van der Waals surface area contributed by atoms with Gasteiger partial charge in [0, 0.05) is 38.9 Å². The van der Waals surface area contributed by atoms with Crippen LogP contribution in [0, 0.1) is 0 Å². The summed E-state index contributed by atoms with van der Waals surface area (Å²) in [6, 6.07) is 1.47. The number of nitrogens with zero attached hydrogens (tertiary/aromatic N) is 2. The fraction of sp³-hybridized carbons (Fsp3) is 0.455. The van der Waals surface area contributed by atoms with Crippen molar-refractivity contribution in [3.05, 3.63) is 44.8 Å². The molecule has 88 valence electrons. The molecule has 0 fully saturated rings. The second-order valence-corrected chi connectivity index (χ2v) is 3.94. The van der Waals surface area contributed by atoms with Crippen molar-refractivity contribution in [2.24, 2.45) is 14.1 Å². The minimum atomic E-state index is -0.306. The van der Waals surface area contributed by atoms with Gasteiger partial charge in [-0.25, -0.2) is 4.79 Å². The van der Waals surface area contributed by atoms with Crippen molar-refractivity contribution in [2.45, 2.75) is 13.5 Å². The molecule has 0 saturated carbocycles. The molecule has 1 heterocycles. The lowest BCUT2D eigenvalue weighted by Gasteiger charge is -2.10. The molecule has 0 spiro atoms. The highest BCUT2D eigenvalue weighted by Crippen LogP contribution is 1.91. The van der Waals surface area contributed by atoms with Gasteiger partial charge < -0.3 is 5.32 Å². The zero-order valence-electron chi connectivity index (χ0n) is 9.91. The maximum Gasteiger partial charge on any atom is 0.330 e. The standard InChI is InChI=1S/C11H17N3O2/c1-8(2)6-12-7-9-5-10(15)14(4)11(16)13(9)3/h5,12H,1,6-7H2,2-4H3. The fourth-order valence-electron chi connectivity index (χ4n) is 1.35. The van der Waals surface area contributed by atoms with E-state index in [-0.39, 0.29) is 11.2 Å². The highest BCUT2D eigenvalue weighted by Gasteiger charge is 2.04. The number of hydrogen-bond acceptors (Lipinski definition) is 3. The van der Waals surface area contributed by atoms with E-state index < -0.39 is 0 Å². The molecular formula is C11H17N3O2. The Morgan fingerprint density at radius 2 is 2.00 bits per heavy atom. The Morgan fingerprint density at radius 1 is 1.38 bits per heavy atom. The average Bonchev–Trinajstić information content (AvgIpc) is 2.22. The maximum atomic E-state index is 11.6. The summed E-state index contributed by atoms with van der Waals surface area (Å²) in [5.74, 6) is 0. The van der Waals surface area contributed by atoms with Gasteiger partial charge in [0.2, 0.25) is 0 Å². The molecule has 1 N–H and O–H groups in total. The lowest BCUT2D eigenvalue weighted by molar-refractivity contribution is 0.615. The van der Waals surface area contributed by atoms with Gasteiger partial charge in [0.1, 0.15) is 0 Å². The van der Waals surface area contributed by atoms with E-state index in [1.165, 1.54) is 17.7 Å². The smallest absolute Gasteiger partial charge is 0.307 e. The molecule has 5 nitrogen and oxygen atoms in total. The third-order valence-corrected chi connectivity index (χ3v) is 2.36. The van der Waals surface area contributed by atoms with E-state index in [0.29, 0.717) is 18.8 Å². The first kappa shape index (κ1) is 12.4. The van der Waals surface area contributed by atoms with Crippen LogP contribution in [0.25, 0.3) is 0 Å². The molecule has 1 aromatic rings. The number of rotatable bonds is 4. The predicted molar refractivity (Wildman–Crippen MR) is 63.4 cm³/mol. The Bertz CT molecular complexity index is 511. The molecule has 0 aliphatic rings. The van der Waals surface area contributed by atoms with Crippen LogP contribution in [0.15, 0.2) is 27.8 Å². The minimum absolute atomic E-state index is 0.282. The van der Waals surface area contributed by atoms with Crippen LogP contribution in [0.5, 0.6) is 0 Å². The topological polar surface area (TPSA) is 56.0 Å². The van der Waals surface area contributed by atoms with Gasteiger partial charge in [-0.1, -0.05) is 12.2 Å². The average molecular weight is 223 g/mol. The molecule has 0 aliphatic heterocycles. The monoisotopic (exact) mass is 223 g/mol. The zero-order chi connectivity index (χ0) is 12.3.